The smallest absolute Gasteiger partial charge is 0.161 e. The number of halogens is 1. The van der Waals surface area contributed by atoms with Gasteiger partial charge in [0.05, 0.1) is 6.61 Å². The van der Waals surface area contributed by atoms with Crippen LogP contribution < -0.4 is 4.74 Å². The van der Waals surface area contributed by atoms with Crippen molar-refractivity contribution in [2.45, 2.75) is 13.8 Å². The maximum atomic E-state index is 9.39. The third kappa shape index (κ3) is 1.91. The lowest BCUT2D eigenvalue weighted by Crippen LogP contribution is -1.92. The highest BCUT2D eigenvalue weighted by molar-refractivity contribution is 9.10. The van der Waals surface area contributed by atoms with Gasteiger partial charge in [-0.05, 0) is 31.5 Å². The van der Waals surface area contributed by atoms with E-state index in [4.69, 9.17) is 4.74 Å². The number of ether oxygens (including phenoxy) is 1. The Labute approximate surface area is 80.3 Å². The lowest BCUT2D eigenvalue weighted by molar-refractivity contribution is 0.318. The third-order valence-electron chi connectivity index (χ3n) is 1.54. The SMILES string of the molecule is CCOc1cc(C)c(Br)cc1O. The van der Waals surface area contributed by atoms with E-state index in [0.717, 1.165) is 10.0 Å². The van der Waals surface area contributed by atoms with E-state index in [1.165, 1.54) is 0 Å². The van der Waals surface area contributed by atoms with Gasteiger partial charge in [0.25, 0.3) is 0 Å². The van der Waals surface area contributed by atoms with Gasteiger partial charge in [-0.25, -0.2) is 0 Å². The standard InChI is InChI=1S/C9H11BrO2/c1-3-12-9-4-6(2)7(10)5-8(9)11/h4-5,11H,3H2,1-2H3. The van der Waals surface area contributed by atoms with Crippen molar-refractivity contribution in [2.75, 3.05) is 6.61 Å². The molecule has 66 valence electrons. The highest BCUT2D eigenvalue weighted by atomic mass is 79.9. The average molecular weight is 231 g/mol. The predicted molar refractivity (Wildman–Crippen MR) is 51.7 cm³/mol. The Balaban J connectivity index is 3.05. The molecule has 0 aliphatic carbocycles. The summed E-state index contributed by atoms with van der Waals surface area (Å²) < 4.78 is 6.09. The lowest BCUT2D eigenvalue weighted by Gasteiger charge is -2.07. The molecule has 0 aromatic heterocycles. The average Bonchev–Trinajstić information content (AvgIpc) is 2.01. The number of aryl methyl sites for hydroxylation is 1. The molecule has 1 aromatic carbocycles. The van der Waals surface area contributed by atoms with Crippen LogP contribution in [0.25, 0.3) is 0 Å². The maximum absolute atomic E-state index is 9.39. The van der Waals surface area contributed by atoms with Gasteiger partial charge in [-0.1, -0.05) is 15.9 Å². The molecule has 3 heteroatoms. The monoisotopic (exact) mass is 230 g/mol. The van der Waals surface area contributed by atoms with Gasteiger partial charge in [-0.2, -0.15) is 0 Å². The van der Waals surface area contributed by atoms with Gasteiger partial charge in [0.1, 0.15) is 0 Å². The second-order valence-corrected chi connectivity index (χ2v) is 3.36. The Morgan fingerprint density at radius 3 is 2.75 bits per heavy atom. The molecule has 0 spiro atoms. The quantitative estimate of drug-likeness (QED) is 0.847. The van der Waals surface area contributed by atoms with Crippen molar-refractivity contribution in [1.82, 2.24) is 0 Å². The molecule has 1 rings (SSSR count). The molecule has 0 aliphatic heterocycles. The Morgan fingerprint density at radius 1 is 1.50 bits per heavy atom. The van der Waals surface area contributed by atoms with Crippen molar-refractivity contribution in [3.63, 3.8) is 0 Å². The summed E-state index contributed by atoms with van der Waals surface area (Å²) in [6.07, 6.45) is 0. The molecule has 0 amide bonds. The largest absolute Gasteiger partial charge is 0.504 e. The predicted octanol–water partition coefficient (Wildman–Crippen LogP) is 2.86. The molecule has 0 aliphatic rings. The van der Waals surface area contributed by atoms with Crippen LogP contribution in [0.3, 0.4) is 0 Å². The number of phenolic OH excluding ortho intramolecular Hbond substituents is 1. The first-order chi connectivity index (χ1) is 5.65. The molecule has 0 radical (unpaired) electrons. The second kappa shape index (κ2) is 3.81. The number of benzene rings is 1. The van der Waals surface area contributed by atoms with Crippen LogP contribution in [-0.2, 0) is 0 Å². The van der Waals surface area contributed by atoms with Crippen molar-refractivity contribution in [1.29, 1.82) is 0 Å². The van der Waals surface area contributed by atoms with Gasteiger partial charge >= 0.3 is 0 Å². The summed E-state index contributed by atoms with van der Waals surface area (Å²) in [5, 5.41) is 9.39. The van der Waals surface area contributed by atoms with E-state index < -0.39 is 0 Å². The zero-order chi connectivity index (χ0) is 9.14. The van der Waals surface area contributed by atoms with Gasteiger partial charge < -0.3 is 9.84 Å². The van der Waals surface area contributed by atoms with Crippen molar-refractivity contribution in [3.8, 4) is 11.5 Å². The minimum atomic E-state index is 0.175. The van der Waals surface area contributed by atoms with Crippen molar-refractivity contribution in [3.05, 3.63) is 22.2 Å². The fourth-order valence-corrected chi connectivity index (χ4v) is 1.25. The number of phenols is 1. The van der Waals surface area contributed by atoms with E-state index in [1.807, 2.05) is 19.9 Å². The molecular formula is C9H11BrO2. The number of hydrogen-bond acceptors (Lipinski definition) is 2. The molecule has 0 bridgehead atoms. The Hall–Kier alpha value is -0.700. The Bertz CT molecular complexity index is 284. The molecule has 1 aromatic rings. The molecule has 12 heavy (non-hydrogen) atoms. The van der Waals surface area contributed by atoms with Crippen LogP contribution >= 0.6 is 15.9 Å². The molecule has 0 unspecified atom stereocenters. The summed E-state index contributed by atoms with van der Waals surface area (Å²) in [4.78, 5) is 0. The van der Waals surface area contributed by atoms with Crippen LogP contribution in [0.15, 0.2) is 16.6 Å². The van der Waals surface area contributed by atoms with E-state index in [1.54, 1.807) is 6.07 Å². The maximum Gasteiger partial charge on any atom is 0.161 e. The third-order valence-corrected chi connectivity index (χ3v) is 2.39. The van der Waals surface area contributed by atoms with Crippen LogP contribution in [0, 0.1) is 6.92 Å². The first-order valence-corrected chi connectivity index (χ1v) is 4.56. The van der Waals surface area contributed by atoms with E-state index in [0.29, 0.717) is 12.4 Å². The minimum Gasteiger partial charge on any atom is -0.504 e. The van der Waals surface area contributed by atoms with E-state index >= 15 is 0 Å². The summed E-state index contributed by atoms with van der Waals surface area (Å²) >= 11 is 3.32. The topological polar surface area (TPSA) is 29.5 Å². The Kier molecular flexibility index (Phi) is 2.98. The molecule has 0 heterocycles. The summed E-state index contributed by atoms with van der Waals surface area (Å²) in [6.45, 7) is 4.40. The zero-order valence-corrected chi connectivity index (χ0v) is 8.68. The second-order valence-electron chi connectivity index (χ2n) is 2.50. The fraction of sp³-hybridized carbons (Fsp3) is 0.333. The van der Waals surface area contributed by atoms with Crippen molar-refractivity contribution >= 4 is 15.9 Å². The van der Waals surface area contributed by atoms with Gasteiger partial charge in [-0.3, -0.25) is 0 Å². The normalized spacial score (nSPS) is 9.92. The number of hydrogen-bond donors (Lipinski definition) is 1. The van der Waals surface area contributed by atoms with Gasteiger partial charge in [0.2, 0.25) is 0 Å². The van der Waals surface area contributed by atoms with Gasteiger partial charge in [0, 0.05) is 4.47 Å². The minimum absolute atomic E-state index is 0.175. The van der Waals surface area contributed by atoms with Crippen LogP contribution in [0.1, 0.15) is 12.5 Å². The molecule has 0 atom stereocenters. The lowest BCUT2D eigenvalue weighted by atomic mass is 10.2. The fourth-order valence-electron chi connectivity index (χ4n) is 0.916. The summed E-state index contributed by atoms with van der Waals surface area (Å²) in [6, 6.07) is 3.45. The van der Waals surface area contributed by atoms with E-state index in [-0.39, 0.29) is 5.75 Å². The molecule has 1 N–H and O–H groups in total. The van der Waals surface area contributed by atoms with Gasteiger partial charge in [0.15, 0.2) is 11.5 Å². The van der Waals surface area contributed by atoms with Crippen molar-refractivity contribution in [2.24, 2.45) is 0 Å². The molecule has 0 saturated carbocycles. The summed E-state index contributed by atoms with van der Waals surface area (Å²) in [5.41, 5.74) is 1.05. The zero-order valence-electron chi connectivity index (χ0n) is 7.10. The molecule has 0 saturated heterocycles. The van der Waals surface area contributed by atoms with E-state index in [2.05, 4.69) is 15.9 Å². The van der Waals surface area contributed by atoms with Crippen LogP contribution in [0.4, 0.5) is 0 Å². The summed E-state index contributed by atoms with van der Waals surface area (Å²) in [7, 11) is 0. The number of rotatable bonds is 2. The van der Waals surface area contributed by atoms with Gasteiger partial charge in [-0.15, -0.1) is 0 Å². The molecule has 0 fully saturated rings. The Morgan fingerprint density at radius 2 is 2.17 bits per heavy atom. The first-order valence-electron chi connectivity index (χ1n) is 3.77. The van der Waals surface area contributed by atoms with Crippen LogP contribution in [0.5, 0.6) is 11.5 Å². The summed E-state index contributed by atoms with van der Waals surface area (Å²) in [5.74, 6) is 0.715. The highest BCUT2D eigenvalue weighted by Crippen LogP contribution is 2.31. The molecular weight excluding hydrogens is 220 g/mol. The molecule has 2 nitrogen and oxygen atoms in total. The highest BCUT2D eigenvalue weighted by Gasteiger charge is 2.04. The van der Waals surface area contributed by atoms with Crippen molar-refractivity contribution < 1.29 is 9.84 Å². The number of aromatic hydroxyl groups is 1. The van der Waals surface area contributed by atoms with Crippen LogP contribution in [0.2, 0.25) is 0 Å². The first kappa shape index (κ1) is 9.39. The van der Waals surface area contributed by atoms with Crippen LogP contribution in [-0.4, -0.2) is 11.7 Å². The van der Waals surface area contributed by atoms with E-state index in [9.17, 15) is 5.11 Å².